The van der Waals surface area contributed by atoms with Gasteiger partial charge in [0.05, 0.1) is 4.90 Å². The normalized spacial score (nSPS) is 17.3. The van der Waals surface area contributed by atoms with Crippen LogP contribution < -0.4 is 0 Å². The van der Waals surface area contributed by atoms with Gasteiger partial charge in [0, 0.05) is 32.3 Å². The number of likely N-dealkylation sites (N-methyl/N-ethyl adjacent to an activating group) is 1. The van der Waals surface area contributed by atoms with Gasteiger partial charge in [0.25, 0.3) is 0 Å². The number of sulfonamides is 1. The summed E-state index contributed by atoms with van der Waals surface area (Å²) >= 11 is 0. The molecule has 0 unspecified atom stereocenters. The summed E-state index contributed by atoms with van der Waals surface area (Å²) in [5.41, 5.74) is 0. The molecule has 5 nitrogen and oxygen atoms in total. The van der Waals surface area contributed by atoms with E-state index in [2.05, 4.69) is 0 Å². The van der Waals surface area contributed by atoms with E-state index in [4.69, 9.17) is 4.74 Å². The molecule has 0 N–H and O–H groups in total. The molecule has 1 aromatic rings. The molecule has 1 aliphatic rings. The van der Waals surface area contributed by atoms with Crippen LogP contribution in [0.4, 0.5) is 4.39 Å². The van der Waals surface area contributed by atoms with Crippen molar-refractivity contribution in [2.75, 3.05) is 40.4 Å². The Labute approximate surface area is 131 Å². The molecule has 1 aromatic carbocycles. The molecule has 0 aliphatic carbocycles. The van der Waals surface area contributed by atoms with Crippen LogP contribution in [0.5, 0.6) is 0 Å². The van der Waals surface area contributed by atoms with Gasteiger partial charge in [-0.15, -0.1) is 0 Å². The summed E-state index contributed by atoms with van der Waals surface area (Å²) in [6.07, 6.45) is 1.38. The van der Waals surface area contributed by atoms with Crippen molar-refractivity contribution in [1.29, 1.82) is 0 Å². The van der Waals surface area contributed by atoms with Gasteiger partial charge in [-0.1, -0.05) is 0 Å². The van der Waals surface area contributed by atoms with Crippen molar-refractivity contribution < 1.29 is 17.5 Å². The van der Waals surface area contributed by atoms with Crippen molar-refractivity contribution in [2.24, 2.45) is 0 Å². The number of rotatable bonds is 6. The first-order chi connectivity index (χ1) is 10.4. The maximum atomic E-state index is 13.1. The Morgan fingerprint density at radius 2 is 1.73 bits per heavy atom. The second-order valence-electron chi connectivity index (χ2n) is 5.72. The van der Waals surface area contributed by atoms with Gasteiger partial charge >= 0.3 is 0 Å². The van der Waals surface area contributed by atoms with E-state index in [0.717, 1.165) is 0 Å². The first-order valence-corrected chi connectivity index (χ1v) is 8.85. The third-order valence-electron chi connectivity index (χ3n) is 3.79. The molecule has 22 heavy (non-hydrogen) atoms. The van der Waals surface area contributed by atoms with Crippen molar-refractivity contribution in [3.05, 3.63) is 30.1 Å². The summed E-state index contributed by atoms with van der Waals surface area (Å²) in [4.78, 5) is 2.09. The van der Waals surface area contributed by atoms with E-state index < -0.39 is 15.8 Å². The van der Waals surface area contributed by atoms with Gasteiger partial charge in [0.15, 0.2) is 0 Å². The average molecular weight is 330 g/mol. The van der Waals surface area contributed by atoms with Gasteiger partial charge < -0.3 is 9.64 Å². The monoisotopic (exact) mass is 330 g/mol. The summed E-state index contributed by atoms with van der Waals surface area (Å²) in [6.45, 7) is 2.19. The summed E-state index contributed by atoms with van der Waals surface area (Å²) in [6, 6.07) is 4.95. The number of hydrogen-bond donors (Lipinski definition) is 0. The molecule has 0 saturated carbocycles. The van der Waals surface area contributed by atoms with Gasteiger partial charge in [0.1, 0.15) is 5.82 Å². The fourth-order valence-corrected chi connectivity index (χ4v) is 4.19. The molecule has 0 spiro atoms. The van der Waals surface area contributed by atoms with E-state index in [0.29, 0.717) is 39.1 Å². The van der Waals surface area contributed by atoms with Crippen LogP contribution in [0.1, 0.15) is 12.8 Å². The van der Waals surface area contributed by atoms with Crippen LogP contribution in [0, 0.1) is 5.82 Å². The highest BCUT2D eigenvalue weighted by Crippen LogP contribution is 2.23. The first-order valence-electron chi connectivity index (χ1n) is 7.41. The van der Waals surface area contributed by atoms with Crippen LogP contribution in [0.25, 0.3) is 0 Å². The number of halogens is 1. The Morgan fingerprint density at radius 3 is 2.27 bits per heavy atom. The van der Waals surface area contributed by atoms with E-state index in [1.807, 2.05) is 19.0 Å². The lowest BCUT2D eigenvalue weighted by Crippen LogP contribution is -2.46. The number of benzene rings is 1. The largest absolute Gasteiger partial charge is 0.381 e. The van der Waals surface area contributed by atoms with Crippen molar-refractivity contribution in [2.45, 2.75) is 23.8 Å². The topological polar surface area (TPSA) is 49.9 Å². The van der Waals surface area contributed by atoms with Crippen LogP contribution >= 0.6 is 0 Å². The molecule has 1 aliphatic heterocycles. The number of ether oxygens (including phenoxy) is 1. The van der Waals surface area contributed by atoms with Crippen LogP contribution in [0.3, 0.4) is 0 Å². The number of hydrogen-bond acceptors (Lipinski definition) is 4. The summed E-state index contributed by atoms with van der Waals surface area (Å²) in [7, 11) is 0.190. The highest BCUT2D eigenvalue weighted by atomic mass is 32.2. The van der Waals surface area contributed by atoms with E-state index in [1.54, 1.807) is 4.31 Å². The first kappa shape index (κ1) is 17.3. The molecule has 0 amide bonds. The number of nitrogens with zero attached hydrogens (tertiary/aromatic N) is 2. The van der Waals surface area contributed by atoms with Gasteiger partial charge in [-0.05, 0) is 51.2 Å². The standard InChI is InChI=1S/C15H23FN2O3S/c1-17(2)9-10-18(14-7-11-21-12-8-14)22(19,20)15-5-3-13(16)4-6-15/h3-6,14H,7-12H2,1-2H3. The Balaban J connectivity index is 2.26. The quantitative estimate of drug-likeness (QED) is 0.794. The van der Waals surface area contributed by atoms with E-state index in [-0.39, 0.29) is 10.9 Å². The minimum atomic E-state index is -3.63. The minimum absolute atomic E-state index is 0.0660. The average Bonchev–Trinajstić information content (AvgIpc) is 2.48. The minimum Gasteiger partial charge on any atom is -0.381 e. The molecule has 2 rings (SSSR count). The SMILES string of the molecule is CN(C)CCN(C1CCOCC1)S(=O)(=O)c1ccc(F)cc1. The molecule has 0 atom stereocenters. The predicted molar refractivity (Wildman–Crippen MR) is 82.7 cm³/mol. The van der Waals surface area contributed by atoms with Gasteiger partial charge in [-0.2, -0.15) is 4.31 Å². The molecule has 124 valence electrons. The zero-order valence-electron chi connectivity index (χ0n) is 13.0. The van der Waals surface area contributed by atoms with Crippen LogP contribution in [0.2, 0.25) is 0 Å². The summed E-state index contributed by atoms with van der Waals surface area (Å²) < 4.78 is 45.7. The smallest absolute Gasteiger partial charge is 0.243 e. The lowest BCUT2D eigenvalue weighted by molar-refractivity contribution is 0.0573. The Kier molecular flexibility index (Phi) is 5.91. The van der Waals surface area contributed by atoms with E-state index in [1.165, 1.54) is 24.3 Å². The molecular formula is C15H23FN2O3S. The molecular weight excluding hydrogens is 307 g/mol. The van der Waals surface area contributed by atoms with Crippen LogP contribution in [-0.4, -0.2) is 64.1 Å². The second kappa shape index (κ2) is 7.50. The second-order valence-corrected chi connectivity index (χ2v) is 7.61. The Bertz CT molecular complexity index is 569. The third kappa shape index (κ3) is 4.25. The van der Waals surface area contributed by atoms with Crippen LogP contribution in [-0.2, 0) is 14.8 Å². The van der Waals surface area contributed by atoms with Crippen LogP contribution in [0.15, 0.2) is 29.2 Å². The third-order valence-corrected chi connectivity index (χ3v) is 5.75. The van der Waals surface area contributed by atoms with Crippen molar-refractivity contribution in [1.82, 2.24) is 9.21 Å². The summed E-state index contributed by atoms with van der Waals surface area (Å²) in [5, 5.41) is 0. The molecule has 7 heteroatoms. The highest BCUT2D eigenvalue weighted by Gasteiger charge is 2.32. The lowest BCUT2D eigenvalue weighted by Gasteiger charge is -2.34. The molecule has 1 heterocycles. The maximum Gasteiger partial charge on any atom is 0.243 e. The molecule has 1 fully saturated rings. The van der Waals surface area contributed by atoms with Gasteiger partial charge in [0.2, 0.25) is 10.0 Å². The van der Waals surface area contributed by atoms with E-state index in [9.17, 15) is 12.8 Å². The van der Waals surface area contributed by atoms with Crippen molar-refractivity contribution in [3.8, 4) is 0 Å². The highest BCUT2D eigenvalue weighted by molar-refractivity contribution is 7.89. The Morgan fingerprint density at radius 1 is 1.14 bits per heavy atom. The van der Waals surface area contributed by atoms with Crippen molar-refractivity contribution >= 4 is 10.0 Å². The fourth-order valence-electron chi connectivity index (χ4n) is 2.51. The predicted octanol–water partition coefficient (Wildman–Crippen LogP) is 1.56. The molecule has 1 saturated heterocycles. The van der Waals surface area contributed by atoms with Gasteiger partial charge in [-0.3, -0.25) is 0 Å². The lowest BCUT2D eigenvalue weighted by atomic mass is 10.1. The fraction of sp³-hybridized carbons (Fsp3) is 0.600. The maximum absolute atomic E-state index is 13.1. The molecule has 0 bridgehead atoms. The van der Waals surface area contributed by atoms with E-state index >= 15 is 0 Å². The Hall–Kier alpha value is -1.02. The van der Waals surface area contributed by atoms with Crippen molar-refractivity contribution in [3.63, 3.8) is 0 Å². The summed E-state index contributed by atoms with van der Waals surface area (Å²) in [5.74, 6) is -0.440. The molecule has 0 aromatic heterocycles. The van der Waals surface area contributed by atoms with Gasteiger partial charge in [-0.25, -0.2) is 12.8 Å². The zero-order chi connectivity index (χ0) is 16.2. The zero-order valence-corrected chi connectivity index (χ0v) is 13.9. The molecule has 0 radical (unpaired) electrons.